The Bertz CT molecular complexity index is 2120. The third-order valence-electron chi connectivity index (χ3n) is 19.9. The molecule has 0 bridgehead atoms. The fourth-order valence-corrected chi connectivity index (χ4v) is 14.4. The van der Waals surface area contributed by atoms with E-state index >= 15 is 0 Å². The van der Waals surface area contributed by atoms with Crippen LogP contribution >= 0.6 is 15.6 Å². The molecule has 4 unspecified atom stereocenters. The van der Waals surface area contributed by atoms with Crippen molar-refractivity contribution in [2.24, 2.45) is 17.8 Å². The zero-order valence-corrected chi connectivity index (χ0v) is 70.5. The Balaban J connectivity index is 5.23. The molecule has 19 heteroatoms. The molecule has 0 heterocycles. The molecule has 3 N–H and O–H groups in total. The van der Waals surface area contributed by atoms with Gasteiger partial charge in [-0.1, -0.05) is 375 Å². The Morgan fingerprint density at radius 2 is 0.562 bits per heavy atom. The number of aliphatic hydroxyl groups is 1. The van der Waals surface area contributed by atoms with Gasteiger partial charge in [0.15, 0.2) is 12.2 Å². The Kier molecular flexibility index (Phi) is 73.8. The van der Waals surface area contributed by atoms with Crippen LogP contribution in [0.15, 0.2) is 24.3 Å². The Morgan fingerprint density at radius 1 is 0.314 bits per heavy atom. The molecule has 0 aromatic carbocycles. The van der Waals surface area contributed by atoms with E-state index in [1.54, 1.807) is 0 Å². The van der Waals surface area contributed by atoms with E-state index < -0.39 is 97.5 Å². The number of ether oxygens (including phenoxy) is 4. The van der Waals surface area contributed by atoms with Crippen LogP contribution in [0, 0.1) is 17.8 Å². The van der Waals surface area contributed by atoms with Crippen molar-refractivity contribution in [1.29, 1.82) is 0 Å². The topological polar surface area (TPSA) is 237 Å². The lowest BCUT2D eigenvalue weighted by atomic mass is 9.99. The second kappa shape index (κ2) is 75.6. The van der Waals surface area contributed by atoms with Gasteiger partial charge in [0, 0.05) is 25.7 Å². The van der Waals surface area contributed by atoms with Gasteiger partial charge in [0.1, 0.15) is 19.3 Å². The lowest BCUT2D eigenvalue weighted by molar-refractivity contribution is -0.161. The number of phosphoric acid groups is 2. The zero-order valence-electron chi connectivity index (χ0n) is 68.7. The molecule has 17 nitrogen and oxygen atoms in total. The minimum absolute atomic E-state index is 0.0854. The lowest BCUT2D eigenvalue weighted by Crippen LogP contribution is -2.30. The van der Waals surface area contributed by atoms with Gasteiger partial charge >= 0.3 is 39.5 Å². The number of esters is 4. The molecule has 6 atom stereocenters. The number of aliphatic hydroxyl groups excluding tert-OH is 1. The van der Waals surface area contributed by atoms with Crippen molar-refractivity contribution >= 4 is 39.5 Å². The smallest absolute Gasteiger partial charge is 0.462 e. The first kappa shape index (κ1) is 103. The van der Waals surface area contributed by atoms with Gasteiger partial charge in [0.25, 0.3) is 0 Å². The fraction of sp³-hybridized carbons (Fsp3) is 0.907. The van der Waals surface area contributed by atoms with Crippen molar-refractivity contribution < 1.29 is 80.2 Å². The monoisotopic (exact) mass is 1530 g/mol. The molecular weight excluding hydrogens is 1370 g/mol. The molecule has 0 aromatic heterocycles. The summed E-state index contributed by atoms with van der Waals surface area (Å²) in [5, 5.41) is 10.7. The summed E-state index contributed by atoms with van der Waals surface area (Å²) in [6.07, 6.45) is 68.9. The average molecular weight is 1530 g/mol. The molecule has 0 aliphatic rings. The number of carbonyl (C=O) groups excluding carboxylic acids is 4. The predicted octanol–water partition coefficient (Wildman–Crippen LogP) is 25.6. The van der Waals surface area contributed by atoms with Gasteiger partial charge in [-0.05, 0) is 69.1 Å². The summed E-state index contributed by atoms with van der Waals surface area (Å²) in [5.41, 5.74) is 0. The number of phosphoric ester groups is 2. The van der Waals surface area contributed by atoms with Crippen LogP contribution in [0.4, 0.5) is 0 Å². The van der Waals surface area contributed by atoms with Gasteiger partial charge in [-0.2, -0.15) is 0 Å². The van der Waals surface area contributed by atoms with E-state index in [0.29, 0.717) is 31.6 Å². The van der Waals surface area contributed by atoms with Gasteiger partial charge in [-0.25, -0.2) is 9.13 Å². The number of allylic oxidation sites excluding steroid dienone is 4. The van der Waals surface area contributed by atoms with E-state index in [0.717, 1.165) is 121 Å². The third kappa shape index (κ3) is 78.0. The molecule has 0 aliphatic carbocycles. The lowest BCUT2D eigenvalue weighted by Gasteiger charge is -2.21. The second-order valence-electron chi connectivity index (χ2n) is 31.4. The first-order valence-electron chi connectivity index (χ1n) is 43.7. The molecule has 0 aliphatic heterocycles. The van der Waals surface area contributed by atoms with E-state index in [2.05, 4.69) is 72.8 Å². The van der Waals surface area contributed by atoms with Crippen molar-refractivity contribution in [2.75, 3.05) is 39.6 Å². The minimum Gasteiger partial charge on any atom is -0.462 e. The summed E-state index contributed by atoms with van der Waals surface area (Å²) in [4.78, 5) is 73.1. The highest BCUT2D eigenvalue weighted by Gasteiger charge is 2.30. The van der Waals surface area contributed by atoms with Crippen molar-refractivity contribution in [3.63, 3.8) is 0 Å². The summed E-state index contributed by atoms with van der Waals surface area (Å²) in [5.74, 6) is 0.240. The number of rotatable bonds is 82. The minimum atomic E-state index is -4.97. The standard InChI is InChI=1S/C86H164O17P2/c1-8-10-11-12-13-14-15-16-22-30-35-40-47-55-62-69-85(90)102-81(73-96-83(88)67-60-53-46-39-34-29-25-20-18-17-19-24-28-33-38-45-52-59-66-79(7)9-2)75-100-104(92,93)98-71-80(87)72-99-105(94,95)101-76-82(74-97-84(89)68-61-54-49-42-44-51-58-65-78(5)6)103-86(91)70-63-56-48-41-36-31-26-21-23-27-32-37-43-50-57-64-77(3)4/h14-16,22,77-82,87H,8-13,17-21,23-76H2,1-7H3,(H,92,93)(H,94,95)/b15-14-,22-16-/t79?,80?,81-,82-/m1/s1. The number of hydrogen-bond acceptors (Lipinski definition) is 15. The fourth-order valence-electron chi connectivity index (χ4n) is 12.8. The normalized spacial score (nSPS) is 14.3. The maximum absolute atomic E-state index is 13.1. The molecule has 620 valence electrons. The predicted molar refractivity (Wildman–Crippen MR) is 432 cm³/mol. The van der Waals surface area contributed by atoms with Crippen LogP contribution in [0.5, 0.6) is 0 Å². The first-order valence-corrected chi connectivity index (χ1v) is 46.7. The number of hydrogen-bond donors (Lipinski definition) is 3. The summed E-state index contributed by atoms with van der Waals surface area (Å²) < 4.78 is 68.8. The zero-order chi connectivity index (χ0) is 77.2. The van der Waals surface area contributed by atoms with E-state index in [-0.39, 0.29) is 25.7 Å². The molecule has 0 aromatic rings. The SMILES string of the molecule is CCCCCC/C=C\C=C/CCCCCCCC(=O)O[C@H](COC(=O)CCCCCCCCCCCCCCCCCCCCC(C)CC)COP(=O)(O)OCC(O)COP(=O)(O)OC[C@@H](COC(=O)CCCCCCCCCC(C)C)OC(=O)CCCCCCCCCCCCCCCCCC(C)C. The van der Waals surface area contributed by atoms with E-state index in [9.17, 15) is 43.2 Å². The molecule has 0 spiro atoms. The van der Waals surface area contributed by atoms with Crippen LogP contribution in [-0.4, -0.2) is 96.7 Å². The molecule has 0 rings (SSSR count). The third-order valence-corrected chi connectivity index (χ3v) is 21.8. The number of unbranched alkanes of at least 4 members (excludes halogenated alkanes) is 46. The molecule has 0 saturated heterocycles. The van der Waals surface area contributed by atoms with Crippen molar-refractivity contribution in [1.82, 2.24) is 0 Å². The quantitative estimate of drug-likeness (QED) is 0.0169. The van der Waals surface area contributed by atoms with Crippen LogP contribution in [0.25, 0.3) is 0 Å². The Morgan fingerprint density at radius 3 is 0.848 bits per heavy atom. The molecule has 0 saturated carbocycles. The maximum atomic E-state index is 13.1. The average Bonchev–Trinajstić information content (AvgIpc) is 0.911. The highest BCUT2D eigenvalue weighted by Crippen LogP contribution is 2.45. The first-order chi connectivity index (χ1) is 50.8. The second-order valence-corrected chi connectivity index (χ2v) is 34.3. The largest absolute Gasteiger partial charge is 0.472 e. The highest BCUT2D eigenvalue weighted by molar-refractivity contribution is 7.47. The van der Waals surface area contributed by atoms with Gasteiger partial charge in [0.2, 0.25) is 0 Å². The van der Waals surface area contributed by atoms with Crippen LogP contribution in [-0.2, 0) is 65.4 Å². The number of carbonyl (C=O) groups is 4. The van der Waals surface area contributed by atoms with Crippen LogP contribution in [0.1, 0.15) is 427 Å². The van der Waals surface area contributed by atoms with Crippen molar-refractivity contribution in [2.45, 2.75) is 446 Å². The van der Waals surface area contributed by atoms with Crippen molar-refractivity contribution in [3.8, 4) is 0 Å². The van der Waals surface area contributed by atoms with Gasteiger partial charge < -0.3 is 33.8 Å². The summed E-state index contributed by atoms with van der Waals surface area (Å²) in [6.45, 7) is 11.9. The summed E-state index contributed by atoms with van der Waals surface area (Å²) in [7, 11) is -9.94. The van der Waals surface area contributed by atoms with E-state index in [1.165, 1.54) is 218 Å². The van der Waals surface area contributed by atoms with Crippen molar-refractivity contribution in [3.05, 3.63) is 24.3 Å². The van der Waals surface area contributed by atoms with E-state index in [4.69, 9.17) is 37.0 Å². The molecule has 0 radical (unpaired) electrons. The molecule has 105 heavy (non-hydrogen) atoms. The Labute approximate surface area is 643 Å². The molecule has 0 fully saturated rings. The highest BCUT2D eigenvalue weighted by atomic mass is 31.2. The van der Waals surface area contributed by atoms with Gasteiger partial charge in [-0.3, -0.25) is 37.3 Å². The van der Waals surface area contributed by atoms with Gasteiger partial charge in [-0.15, -0.1) is 0 Å². The van der Waals surface area contributed by atoms with Crippen LogP contribution in [0.3, 0.4) is 0 Å². The Hall–Kier alpha value is -2.46. The molecular formula is C86H164O17P2. The van der Waals surface area contributed by atoms with E-state index in [1.807, 2.05) is 0 Å². The maximum Gasteiger partial charge on any atom is 0.472 e. The van der Waals surface area contributed by atoms with Gasteiger partial charge in [0.05, 0.1) is 26.4 Å². The summed E-state index contributed by atoms with van der Waals surface area (Å²) >= 11 is 0. The van der Waals surface area contributed by atoms with Crippen LogP contribution < -0.4 is 0 Å². The molecule has 0 amide bonds. The van der Waals surface area contributed by atoms with Crippen LogP contribution in [0.2, 0.25) is 0 Å². The summed E-state index contributed by atoms with van der Waals surface area (Å²) in [6, 6.07) is 0.